The van der Waals surface area contributed by atoms with Crippen molar-refractivity contribution in [2.24, 2.45) is 11.8 Å². The number of benzene rings is 1. The average molecular weight is 447 g/mol. The molecule has 0 aliphatic heterocycles. The normalized spacial score (nSPS) is 30.2. The Morgan fingerprint density at radius 1 is 1.28 bits per heavy atom. The largest absolute Gasteiger partial charge is 0.508 e. The summed E-state index contributed by atoms with van der Waals surface area (Å²) in [4.78, 5) is 39.9. The van der Waals surface area contributed by atoms with E-state index in [0.29, 0.717) is 24.0 Å². The Morgan fingerprint density at radius 2 is 1.91 bits per heavy atom. The van der Waals surface area contributed by atoms with Crippen LogP contribution in [0.15, 0.2) is 6.07 Å². The molecule has 7 nitrogen and oxygen atoms in total. The van der Waals surface area contributed by atoms with Crippen LogP contribution in [0.3, 0.4) is 0 Å². The van der Waals surface area contributed by atoms with Crippen LogP contribution in [-0.2, 0) is 26.3 Å². The van der Waals surface area contributed by atoms with Crippen LogP contribution in [0.5, 0.6) is 5.75 Å². The van der Waals surface area contributed by atoms with Crippen molar-refractivity contribution in [1.29, 1.82) is 0 Å². The van der Waals surface area contributed by atoms with Gasteiger partial charge in [-0.25, -0.2) is 0 Å². The van der Waals surface area contributed by atoms with E-state index in [2.05, 4.69) is 0 Å². The van der Waals surface area contributed by atoms with Gasteiger partial charge in [0, 0.05) is 16.7 Å². The fourth-order valence-electron chi connectivity index (χ4n) is 5.11. The summed E-state index contributed by atoms with van der Waals surface area (Å²) < 4.78 is 5.50. The van der Waals surface area contributed by atoms with Crippen molar-refractivity contribution < 1.29 is 34.4 Å². The first-order valence-electron chi connectivity index (χ1n) is 11.4. The molecule has 1 aromatic rings. The summed E-state index contributed by atoms with van der Waals surface area (Å²) in [6, 6.07) is 1.29. The van der Waals surface area contributed by atoms with Crippen LogP contribution in [0.2, 0.25) is 0 Å². The Morgan fingerprint density at radius 3 is 2.50 bits per heavy atom. The maximum absolute atomic E-state index is 13.7. The van der Waals surface area contributed by atoms with Gasteiger partial charge in [-0.1, -0.05) is 27.2 Å². The van der Waals surface area contributed by atoms with Gasteiger partial charge in [0.05, 0.1) is 12.0 Å². The van der Waals surface area contributed by atoms with Gasteiger partial charge in [-0.3, -0.25) is 14.4 Å². The lowest BCUT2D eigenvalue weighted by Gasteiger charge is -2.42. The molecule has 7 heteroatoms. The number of fused-ring (bicyclic) bond motifs is 3. The van der Waals surface area contributed by atoms with Gasteiger partial charge < -0.3 is 20.1 Å². The second-order valence-electron chi connectivity index (χ2n) is 9.85. The number of rotatable bonds is 5. The molecule has 0 saturated heterocycles. The molecule has 1 unspecified atom stereocenters. The lowest BCUT2D eigenvalue weighted by molar-refractivity contribution is -0.176. The van der Waals surface area contributed by atoms with E-state index >= 15 is 0 Å². The van der Waals surface area contributed by atoms with E-state index in [-0.39, 0.29) is 28.7 Å². The Hall–Kier alpha value is -2.25. The number of hydrogen-bond acceptors (Lipinski definition) is 7. The summed E-state index contributed by atoms with van der Waals surface area (Å²) >= 11 is 0. The van der Waals surface area contributed by atoms with Gasteiger partial charge in [-0.15, -0.1) is 0 Å². The molecule has 0 fully saturated rings. The zero-order valence-electron chi connectivity index (χ0n) is 19.7. The van der Waals surface area contributed by atoms with Crippen LogP contribution in [0.25, 0.3) is 0 Å². The maximum atomic E-state index is 13.7. The van der Waals surface area contributed by atoms with Crippen molar-refractivity contribution in [2.45, 2.75) is 90.4 Å². The van der Waals surface area contributed by atoms with Gasteiger partial charge in [0.2, 0.25) is 17.2 Å². The minimum Gasteiger partial charge on any atom is -0.508 e. The van der Waals surface area contributed by atoms with Gasteiger partial charge >= 0.3 is 5.97 Å². The number of ketones is 2. The van der Waals surface area contributed by atoms with E-state index in [9.17, 15) is 29.7 Å². The number of carbonyl (C=O) groups is 3. The molecule has 0 spiro atoms. The van der Waals surface area contributed by atoms with Gasteiger partial charge in [0.15, 0.2) is 5.60 Å². The summed E-state index contributed by atoms with van der Waals surface area (Å²) in [5.41, 5.74) is -2.93. The number of ether oxygens (including phenoxy) is 1. The van der Waals surface area contributed by atoms with Gasteiger partial charge in [0.25, 0.3) is 0 Å². The van der Waals surface area contributed by atoms with Crippen molar-refractivity contribution in [2.75, 3.05) is 0 Å². The molecule has 0 amide bonds. The highest BCUT2D eigenvalue weighted by Crippen LogP contribution is 2.48. The first kappa shape index (κ1) is 24.4. The molecule has 0 radical (unpaired) electrons. The number of phenols is 1. The van der Waals surface area contributed by atoms with Gasteiger partial charge in [-0.2, -0.15) is 0 Å². The first-order chi connectivity index (χ1) is 14.8. The van der Waals surface area contributed by atoms with Gasteiger partial charge in [-0.05, 0) is 63.5 Å². The van der Waals surface area contributed by atoms with Crippen LogP contribution < -0.4 is 0 Å². The summed E-state index contributed by atoms with van der Waals surface area (Å²) in [6.45, 7) is 9.60. The first-order valence-corrected chi connectivity index (χ1v) is 11.4. The molecule has 0 heterocycles. The number of esters is 1. The number of phenolic OH excluding ortho intramolecular Hbond substituents is 1. The Labute approximate surface area is 188 Å². The molecule has 0 bridgehead atoms. The molecule has 32 heavy (non-hydrogen) atoms. The topological polar surface area (TPSA) is 121 Å². The predicted octanol–water partition coefficient (Wildman–Crippen LogP) is 3.15. The summed E-state index contributed by atoms with van der Waals surface area (Å²) in [7, 11) is 0. The molecule has 1 aromatic carbocycles. The Kier molecular flexibility index (Phi) is 6.30. The number of aromatic hydroxyl groups is 1. The highest BCUT2D eigenvalue weighted by atomic mass is 16.6. The second kappa shape index (κ2) is 8.27. The molecular formula is C25H34O7. The number of carbonyl (C=O) groups excluding carboxylic acids is 3. The number of hydrogen-bond donors (Lipinski definition) is 3. The summed E-state index contributed by atoms with van der Waals surface area (Å²) in [6.07, 6.45) is 1.80. The second-order valence-corrected chi connectivity index (χ2v) is 9.85. The molecule has 3 N–H and O–H groups in total. The number of aliphatic hydroxyl groups is 2. The van der Waals surface area contributed by atoms with Crippen molar-refractivity contribution >= 4 is 17.5 Å². The van der Waals surface area contributed by atoms with E-state index in [1.165, 1.54) is 26.8 Å². The average Bonchev–Trinajstić information content (AvgIpc) is 2.75. The van der Waals surface area contributed by atoms with Crippen LogP contribution in [0.1, 0.15) is 93.8 Å². The van der Waals surface area contributed by atoms with E-state index in [0.717, 1.165) is 12.8 Å². The van der Waals surface area contributed by atoms with E-state index in [1.807, 2.05) is 13.8 Å². The monoisotopic (exact) mass is 446 g/mol. The van der Waals surface area contributed by atoms with Crippen molar-refractivity contribution in [3.8, 4) is 5.75 Å². The fourth-order valence-corrected chi connectivity index (χ4v) is 5.11. The Balaban J connectivity index is 2.10. The van der Waals surface area contributed by atoms with Crippen LogP contribution in [-0.4, -0.2) is 44.6 Å². The zero-order valence-corrected chi connectivity index (χ0v) is 19.7. The quantitative estimate of drug-likeness (QED) is 0.469. The van der Waals surface area contributed by atoms with Crippen LogP contribution in [0.4, 0.5) is 0 Å². The molecule has 6 atom stereocenters. The van der Waals surface area contributed by atoms with Gasteiger partial charge in [0.1, 0.15) is 5.75 Å². The SMILES string of the molecule is CC[C@H](C)[C@@H](O)[C@@H](C)C(=O)O[C@@]1(C)C(=O)c2c(cc(O)c3c2CCC[C@H]3C)C(C)(O)C1=O. The van der Waals surface area contributed by atoms with Crippen molar-refractivity contribution in [3.05, 3.63) is 28.3 Å². The summed E-state index contributed by atoms with van der Waals surface area (Å²) in [5.74, 6) is -3.71. The van der Waals surface area contributed by atoms with Crippen LogP contribution >= 0.6 is 0 Å². The predicted molar refractivity (Wildman–Crippen MR) is 117 cm³/mol. The number of Topliss-reactive ketones (excluding diaryl/α,β-unsaturated/α-hetero) is 2. The van der Waals surface area contributed by atoms with E-state index in [1.54, 1.807) is 6.92 Å². The molecule has 0 aromatic heterocycles. The molecule has 2 aliphatic rings. The molecule has 2 aliphatic carbocycles. The minimum atomic E-state index is -2.23. The molecule has 3 rings (SSSR count). The molecule has 176 valence electrons. The summed E-state index contributed by atoms with van der Waals surface area (Å²) in [5, 5.41) is 32.2. The molecule has 0 saturated carbocycles. The number of aliphatic hydroxyl groups excluding tert-OH is 1. The zero-order chi connectivity index (χ0) is 24.2. The maximum Gasteiger partial charge on any atom is 0.312 e. The smallest absolute Gasteiger partial charge is 0.312 e. The van der Waals surface area contributed by atoms with Crippen molar-refractivity contribution in [1.82, 2.24) is 0 Å². The van der Waals surface area contributed by atoms with E-state index in [4.69, 9.17) is 4.74 Å². The standard InChI is InChI=1S/C25H34O7/c1-7-12(2)20(27)14(4)22(29)32-25(6)21(28)19-15-10-8-9-13(3)18(15)17(26)11-16(19)24(5,31)23(25)30/h11-14,20,26-27,31H,7-10H2,1-6H3/t12-,13+,14+,20+,24?,25-/m0/s1. The highest BCUT2D eigenvalue weighted by molar-refractivity contribution is 6.25. The Bertz CT molecular complexity index is 964. The lowest BCUT2D eigenvalue weighted by atomic mass is 9.66. The third-order valence-electron chi connectivity index (χ3n) is 7.49. The molecular weight excluding hydrogens is 412 g/mol. The van der Waals surface area contributed by atoms with Crippen LogP contribution in [0, 0.1) is 11.8 Å². The van der Waals surface area contributed by atoms with E-state index < -0.39 is 40.8 Å². The lowest BCUT2D eigenvalue weighted by Crippen LogP contribution is -2.60. The van der Waals surface area contributed by atoms with Crippen molar-refractivity contribution in [3.63, 3.8) is 0 Å². The third-order valence-corrected chi connectivity index (χ3v) is 7.49. The fraction of sp³-hybridized carbons (Fsp3) is 0.640. The third kappa shape index (κ3) is 3.55. The highest BCUT2D eigenvalue weighted by Gasteiger charge is 2.59. The minimum absolute atomic E-state index is 0.0129.